The Kier molecular flexibility index (Phi) is 2.42. The summed E-state index contributed by atoms with van der Waals surface area (Å²) in [6.07, 6.45) is -1.57. The molecule has 2 aromatic rings. The van der Waals surface area contributed by atoms with Crippen LogP contribution in [-0.4, -0.2) is 36.0 Å². The molecule has 6 heteroatoms. The Morgan fingerprint density at radius 3 is 2.86 bits per heavy atom. The van der Waals surface area contributed by atoms with E-state index in [4.69, 9.17) is 14.2 Å². The van der Waals surface area contributed by atoms with E-state index < -0.39 is 18.2 Å². The molecule has 0 radical (unpaired) electrons. The van der Waals surface area contributed by atoms with Gasteiger partial charge in [-0.2, -0.15) is 0 Å². The van der Waals surface area contributed by atoms with Gasteiger partial charge in [-0.15, -0.1) is 0 Å². The third kappa shape index (κ3) is 1.46. The Bertz CT molecular complexity index is 782. The van der Waals surface area contributed by atoms with Crippen LogP contribution in [0.5, 0.6) is 17.2 Å². The number of ether oxygens (including phenoxy) is 3. The summed E-state index contributed by atoms with van der Waals surface area (Å²) in [5.74, 6) is -0.351. The molecule has 2 aliphatic rings. The summed E-state index contributed by atoms with van der Waals surface area (Å²) >= 11 is 0. The summed E-state index contributed by atoms with van der Waals surface area (Å²) in [5.41, 5.74) is 0.343. The molecule has 0 aliphatic carbocycles. The highest BCUT2D eigenvalue weighted by Crippen LogP contribution is 2.50. The van der Waals surface area contributed by atoms with E-state index in [-0.39, 0.29) is 29.2 Å². The second kappa shape index (κ2) is 4.09. The van der Waals surface area contributed by atoms with Gasteiger partial charge in [-0.1, -0.05) is 12.1 Å². The van der Waals surface area contributed by atoms with E-state index in [1.54, 1.807) is 18.2 Å². The van der Waals surface area contributed by atoms with Gasteiger partial charge in [0, 0.05) is 10.9 Å². The molecule has 0 spiro atoms. The predicted octanol–water partition coefficient (Wildman–Crippen LogP) is 1.87. The third-order valence-electron chi connectivity index (χ3n) is 3.97. The van der Waals surface area contributed by atoms with Gasteiger partial charge in [-0.3, -0.25) is 4.79 Å². The normalized spacial score (nSPS) is 23.4. The van der Waals surface area contributed by atoms with Gasteiger partial charge in [0.2, 0.25) is 12.1 Å². The van der Waals surface area contributed by atoms with Crippen LogP contribution in [0, 0.1) is 0 Å². The zero-order valence-corrected chi connectivity index (χ0v) is 11.1. The summed E-state index contributed by atoms with van der Waals surface area (Å²) < 4.78 is 15.9. The summed E-state index contributed by atoms with van der Waals surface area (Å²) in [7, 11) is 1.47. The third-order valence-corrected chi connectivity index (χ3v) is 3.97. The maximum Gasteiger partial charge on any atom is 0.223 e. The number of phenolic OH excluding ortho intramolecular Hbond substituents is 2. The van der Waals surface area contributed by atoms with Gasteiger partial charge in [0.05, 0.1) is 24.7 Å². The number of ketones is 1. The number of phenols is 2. The number of carbonyl (C=O) groups excluding carboxylic acids is 1. The second-order valence-corrected chi connectivity index (χ2v) is 5.02. The van der Waals surface area contributed by atoms with Crippen molar-refractivity contribution in [3.05, 3.63) is 29.3 Å². The Hall–Kier alpha value is -2.31. The fourth-order valence-corrected chi connectivity index (χ4v) is 3.03. The van der Waals surface area contributed by atoms with E-state index in [0.29, 0.717) is 16.5 Å². The lowest BCUT2D eigenvalue weighted by Gasteiger charge is -2.24. The summed E-state index contributed by atoms with van der Waals surface area (Å²) in [4.78, 5) is 12.3. The Balaban J connectivity index is 2.17. The molecular weight excluding hydrogens is 276 g/mol. The fraction of sp³-hybridized carbons (Fsp3) is 0.267. The zero-order chi connectivity index (χ0) is 14.7. The van der Waals surface area contributed by atoms with Crippen molar-refractivity contribution < 1.29 is 29.2 Å². The smallest absolute Gasteiger partial charge is 0.223 e. The van der Waals surface area contributed by atoms with E-state index in [9.17, 15) is 15.0 Å². The van der Waals surface area contributed by atoms with Crippen molar-refractivity contribution in [1.29, 1.82) is 0 Å². The van der Waals surface area contributed by atoms with E-state index in [1.165, 1.54) is 7.11 Å². The van der Waals surface area contributed by atoms with Gasteiger partial charge in [0.15, 0.2) is 0 Å². The number of methoxy groups -OCH3 is 1. The minimum atomic E-state index is -1.00. The molecule has 1 fully saturated rings. The lowest BCUT2D eigenvalue weighted by molar-refractivity contribution is -0.0409. The number of fused-ring (bicyclic) bond motifs is 5. The Morgan fingerprint density at radius 2 is 2.10 bits per heavy atom. The average molecular weight is 288 g/mol. The first kappa shape index (κ1) is 12.4. The number of hydrogen-bond donors (Lipinski definition) is 2. The zero-order valence-electron chi connectivity index (χ0n) is 11.1. The molecule has 2 heterocycles. The molecule has 2 bridgehead atoms. The van der Waals surface area contributed by atoms with Crippen molar-refractivity contribution >= 4 is 16.6 Å². The molecule has 0 amide bonds. The van der Waals surface area contributed by atoms with Gasteiger partial charge in [-0.25, -0.2) is 0 Å². The van der Waals surface area contributed by atoms with Crippen molar-refractivity contribution in [2.45, 2.75) is 12.4 Å². The van der Waals surface area contributed by atoms with Crippen LogP contribution < -0.4 is 4.74 Å². The maximum atomic E-state index is 12.3. The molecule has 108 valence electrons. The second-order valence-electron chi connectivity index (χ2n) is 5.02. The predicted molar refractivity (Wildman–Crippen MR) is 71.7 cm³/mol. The first-order valence-electron chi connectivity index (χ1n) is 6.49. The van der Waals surface area contributed by atoms with Crippen LogP contribution in [0.15, 0.2) is 18.2 Å². The highest BCUT2D eigenvalue weighted by atomic mass is 16.7. The Morgan fingerprint density at radius 1 is 1.29 bits per heavy atom. The van der Waals surface area contributed by atoms with Gasteiger partial charge in [-0.05, 0) is 6.07 Å². The quantitative estimate of drug-likeness (QED) is 0.779. The Labute approximate surface area is 119 Å². The fourth-order valence-electron chi connectivity index (χ4n) is 3.03. The van der Waals surface area contributed by atoms with E-state index in [1.807, 2.05) is 0 Å². The number of benzene rings is 2. The van der Waals surface area contributed by atoms with Crippen LogP contribution in [0.4, 0.5) is 0 Å². The molecular formula is C15H12O6. The van der Waals surface area contributed by atoms with Crippen LogP contribution >= 0.6 is 0 Å². The van der Waals surface area contributed by atoms with Gasteiger partial charge in [0.1, 0.15) is 23.4 Å². The summed E-state index contributed by atoms with van der Waals surface area (Å²) in [6, 6.07) is 4.98. The molecule has 2 aliphatic heterocycles. The van der Waals surface area contributed by atoms with E-state index in [0.717, 1.165) is 0 Å². The van der Waals surface area contributed by atoms with Crippen LogP contribution in [-0.2, 0) is 9.47 Å². The number of hydrogen-bond acceptors (Lipinski definition) is 6. The molecule has 2 aromatic carbocycles. The molecule has 0 saturated carbocycles. The topological polar surface area (TPSA) is 85.2 Å². The lowest BCUT2D eigenvalue weighted by atomic mass is 9.90. The van der Waals surface area contributed by atoms with Crippen molar-refractivity contribution in [3.8, 4) is 17.2 Å². The van der Waals surface area contributed by atoms with Crippen molar-refractivity contribution in [2.24, 2.45) is 0 Å². The van der Waals surface area contributed by atoms with Crippen LogP contribution in [0.3, 0.4) is 0 Å². The molecule has 21 heavy (non-hydrogen) atoms. The van der Waals surface area contributed by atoms with Crippen molar-refractivity contribution in [1.82, 2.24) is 0 Å². The first-order valence-corrected chi connectivity index (χ1v) is 6.49. The molecule has 1 saturated heterocycles. The molecule has 6 nitrogen and oxygen atoms in total. The standard InChI is InChI=1S/C15H12O6/c1-19-7-4-2-3-6-9(7)13(17)10-8-5-20-15(21-8)14(18)11(10)12(6)16/h2-4,8,15-17H,5H2,1H3/t8-,15-/m1/s1. The molecule has 0 aromatic heterocycles. The van der Waals surface area contributed by atoms with Gasteiger partial charge in [0.25, 0.3) is 0 Å². The molecule has 2 N–H and O–H groups in total. The lowest BCUT2D eigenvalue weighted by Crippen LogP contribution is -2.27. The summed E-state index contributed by atoms with van der Waals surface area (Å²) in [5, 5.41) is 21.8. The maximum absolute atomic E-state index is 12.3. The van der Waals surface area contributed by atoms with Gasteiger partial charge >= 0.3 is 0 Å². The van der Waals surface area contributed by atoms with Crippen molar-refractivity contribution in [3.63, 3.8) is 0 Å². The molecule has 4 rings (SSSR count). The largest absolute Gasteiger partial charge is 0.507 e. The average Bonchev–Trinajstić information content (AvgIpc) is 2.93. The van der Waals surface area contributed by atoms with E-state index in [2.05, 4.69) is 0 Å². The summed E-state index contributed by atoms with van der Waals surface area (Å²) in [6.45, 7) is 0.164. The van der Waals surface area contributed by atoms with E-state index >= 15 is 0 Å². The van der Waals surface area contributed by atoms with Crippen LogP contribution in [0.1, 0.15) is 22.0 Å². The minimum absolute atomic E-state index is 0.0759. The monoisotopic (exact) mass is 288 g/mol. The minimum Gasteiger partial charge on any atom is -0.507 e. The van der Waals surface area contributed by atoms with Crippen LogP contribution in [0.25, 0.3) is 10.8 Å². The first-order chi connectivity index (χ1) is 10.1. The van der Waals surface area contributed by atoms with Crippen molar-refractivity contribution in [2.75, 3.05) is 13.7 Å². The highest BCUT2D eigenvalue weighted by molar-refractivity contribution is 6.12. The van der Waals surface area contributed by atoms with Crippen LogP contribution in [0.2, 0.25) is 0 Å². The number of carbonyl (C=O) groups is 1. The number of aromatic hydroxyl groups is 2. The highest BCUT2D eigenvalue weighted by Gasteiger charge is 2.45. The molecule has 0 unspecified atom stereocenters. The SMILES string of the molecule is COc1cccc2c(O)c3c(c(O)c12)[C@H]1CO[C@H](O1)C3=O. The number of Topliss-reactive ketones (excluding diaryl/α,β-unsaturated/α-hetero) is 1. The van der Waals surface area contributed by atoms with Gasteiger partial charge < -0.3 is 24.4 Å². The molecule has 2 atom stereocenters. The number of rotatable bonds is 1.